The molecule has 1 N–H and O–H groups in total. The van der Waals surface area contributed by atoms with Crippen molar-refractivity contribution < 1.29 is 13.9 Å². The molecule has 5 rings (SSSR count). The normalized spacial score (nSPS) is 14.5. The highest BCUT2D eigenvalue weighted by Gasteiger charge is 2.21. The van der Waals surface area contributed by atoms with Gasteiger partial charge in [0.1, 0.15) is 5.58 Å². The topological polar surface area (TPSA) is 85.5 Å². The molecule has 4 aromatic rings. The van der Waals surface area contributed by atoms with E-state index in [1.165, 1.54) is 5.56 Å². The third kappa shape index (κ3) is 4.89. The largest absolute Gasteiger partial charge is 0.460 e. The molecule has 0 radical (unpaired) electrons. The number of carbonyl (C=O) groups excluding carboxylic acids is 1. The molecule has 35 heavy (non-hydrogen) atoms. The number of nitrogens with one attached hydrogen (secondary N) is 1. The van der Waals surface area contributed by atoms with Crippen LogP contribution in [0.5, 0.6) is 0 Å². The molecule has 0 atom stereocenters. The summed E-state index contributed by atoms with van der Waals surface area (Å²) in [5, 5.41) is 11.3. The Kier molecular flexibility index (Phi) is 6.73. The minimum Gasteiger partial charge on any atom is -0.460 e. The molecule has 0 amide bonds. The van der Waals surface area contributed by atoms with Gasteiger partial charge in [-0.25, -0.2) is 4.79 Å². The van der Waals surface area contributed by atoms with Crippen molar-refractivity contribution in [1.82, 2.24) is 9.88 Å². The zero-order chi connectivity index (χ0) is 24.2. The van der Waals surface area contributed by atoms with Gasteiger partial charge in [0.25, 0.3) is 0 Å². The Bertz CT molecular complexity index is 1370. The minimum absolute atomic E-state index is 0.256. The summed E-state index contributed by atoms with van der Waals surface area (Å²) in [7, 11) is 0. The van der Waals surface area contributed by atoms with Crippen LogP contribution in [-0.2, 0) is 11.2 Å². The van der Waals surface area contributed by atoms with Crippen LogP contribution in [0.15, 0.2) is 53.1 Å². The van der Waals surface area contributed by atoms with E-state index in [1.807, 2.05) is 30.3 Å². The number of aryl methyl sites for hydroxylation is 1. The maximum atomic E-state index is 12.1. The summed E-state index contributed by atoms with van der Waals surface area (Å²) < 4.78 is 10.8. The summed E-state index contributed by atoms with van der Waals surface area (Å²) in [4.78, 5) is 20.3. The Morgan fingerprint density at radius 3 is 2.77 bits per heavy atom. The van der Waals surface area contributed by atoms with Gasteiger partial charge in [-0.1, -0.05) is 6.07 Å². The van der Waals surface area contributed by atoms with Gasteiger partial charge >= 0.3 is 5.97 Å². The number of hydrogen-bond acceptors (Lipinski definition) is 6. The highest BCUT2D eigenvalue weighted by molar-refractivity contribution is 5.98. The van der Waals surface area contributed by atoms with E-state index in [4.69, 9.17) is 9.15 Å². The number of H-pyrrole nitrogens is 1. The van der Waals surface area contributed by atoms with Crippen molar-refractivity contribution in [1.29, 1.82) is 5.26 Å². The lowest BCUT2D eigenvalue weighted by Crippen LogP contribution is -2.46. The number of aromatic nitrogens is 1. The lowest BCUT2D eigenvalue weighted by atomic mass is 10.0. The molecular formula is C28H30N4O3. The number of aromatic amines is 1. The first kappa shape index (κ1) is 23.0. The molecule has 1 aliphatic heterocycles. The van der Waals surface area contributed by atoms with Crippen LogP contribution in [-0.4, -0.2) is 55.2 Å². The molecule has 1 aliphatic rings. The van der Waals surface area contributed by atoms with Crippen molar-refractivity contribution in [3.05, 3.63) is 65.5 Å². The van der Waals surface area contributed by atoms with Crippen molar-refractivity contribution >= 4 is 33.5 Å². The smallest absolute Gasteiger partial charge is 0.374 e. The highest BCUT2D eigenvalue weighted by Crippen LogP contribution is 2.31. The standard InChI is InChI=1S/C28H30N4O3/c1-2-34-28(33)27-17-23-25(7-5-8-26(23)35-27)32-14-12-31(13-15-32)11-4-3-6-21-19-30-24-10-9-20(18-29)16-22(21)24/h5,7-10,16-17,19,30H,2-4,6,11-15H2,1H3. The molecule has 1 fully saturated rings. The van der Waals surface area contributed by atoms with Crippen molar-refractivity contribution in [3.8, 4) is 6.07 Å². The fraction of sp³-hybridized carbons (Fsp3) is 0.357. The van der Waals surface area contributed by atoms with Crippen molar-refractivity contribution in [2.24, 2.45) is 0 Å². The Labute approximate surface area is 204 Å². The minimum atomic E-state index is -0.419. The Balaban J connectivity index is 1.13. The van der Waals surface area contributed by atoms with E-state index in [0.29, 0.717) is 17.8 Å². The fourth-order valence-corrected chi connectivity index (χ4v) is 4.94. The number of anilines is 1. The number of rotatable bonds is 8. The molecule has 0 unspecified atom stereocenters. The summed E-state index contributed by atoms with van der Waals surface area (Å²) >= 11 is 0. The Morgan fingerprint density at radius 2 is 1.97 bits per heavy atom. The molecule has 0 aliphatic carbocycles. The van der Waals surface area contributed by atoms with E-state index < -0.39 is 5.97 Å². The lowest BCUT2D eigenvalue weighted by Gasteiger charge is -2.36. The van der Waals surface area contributed by atoms with Gasteiger partial charge in [0.05, 0.1) is 18.2 Å². The summed E-state index contributed by atoms with van der Waals surface area (Å²) in [5.41, 5.74) is 4.92. The molecule has 1 saturated heterocycles. The van der Waals surface area contributed by atoms with E-state index in [2.05, 4.69) is 33.1 Å². The van der Waals surface area contributed by atoms with Gasteiger partial charge in [-0.15, -0.1) is 0 Å². The number of ether oxygens (including phenoxy) is 1. The zero-order valence-corrected chi connectivity index (χ0v) is 20.0. The molecule has 7 heteroatoms. The second-order valence-corrected chi connectivity index (χ2v) is 8.99. The summed E-state index contributed by atoms with van der Waals surface area (Å²) in [5.74, 6) is -0.162. The molecule has 0 spiro atoms. The van der Waals surface area contributed by atoms with Crippen LogP contribution in [0, 0.1) is 11.3 Å². The predicted octanol–water partition coefficient (Wildman–Crippen LogP) is 5.11. The van der Waals surface area contributed by atoms with Gasteiger partial charge < -0.3 is 19.0 Å². The molecule has 0 bridgehead atoms. The SMILES string of the molecule is CCOC(=O)c1cc2c(N3CCN(CCCCc4c[nH]c5ccc(C#N)cc45)CC3)cccc2o1. The molecule has 0 saturated carbocycles. The van der Waals surface area contributed by atoms with E-state index >= 15 is 0 Å². The van der Waals surface area contributed by atoms with Gasteiger partial charge in [-0.3, -0.25) is 4.90 Å². The Morgan fingerprint density at radius 1 is 1.11 bits per heavy atom. The molecule has 2 aromatic heterocycles. The number of nitriles is 1. The summed E-state index contributed by atoms with van der Waals surface area (Å²) in [6.45, 7) is 7.11. The third-order valence-electron chi connectivity index (χ3n) is 6.80. The number of fused-ring (bicyclic) bond motifs is 2. The second kappa shape index (κ2) is 10.2. The fourth-order valence-electron chi connectivity index (χ4n) is 4.94. The average Bonchev–Trinajstić information content (AvgIpc) is 3.51. The molecular weight excluding hydrogens is 440 g/mol. The van der Waals surface area contributed by atoms with Crippen LogP contribution < -0.4 is 4.90 Å². The number of esters is 1. The zero-order valence-electron chi connectivity index (χ0n) is 20.0. The van der Waals surface area contributed by atoms with Gasteiger partial charge in [-0.05, 0) is 68.6 Å². The van der Waals surface area contributed by atoms with Gasteiger partial charge in [-0.2, -0.15) is 5.26 Å². The van der Waals surface area contributed by atoms with Gasteiger partial charge in [0, 0.05) is 60.4 Å². The van der Waals surface area contributed by atoms with E-state index in [0.717, 1.165) is 74.0 Å². The third-order valence-corrected chi connectivity index (χ3v) is 6.80. The first-order chi connectivity index (χ1) is 17.2. The first-order valence-corrected chi connectivity index (χ1v) is 12.3. The quantitative estimate of drug-likeness (QED) is 0.285. The molecule has 180 valence electrons. The van der Waals surface area contributed by atoms with Crippen LogP contribution in [0.3, 0.4) is 0 Å². The van der Waals surface area contributed by atoms with Crippen LogP contribution in [0.1, 0.15) is 41.4 Å². The van der Waals surface area contributed by atoms with Gasteiger partial charge in [0.2, 0.25) is 5.76 Å². The molecule has 3 heterocycles. The van der Waals surface area contributed by atoms with Crippen LogP contribution in [0.2, 0.25) is 0 Å². The van der Waals surface area contributed by atoms with E-state index in [1.54, 1.807) is 13.0 Å². The van der Waals surface area contributed by atoms with Crippen LogP contribution in [0.4, 0.5) is 5.69 Å². The van der Waals surface area contributed by atoms with Crippen LogP contribution in [0.25, 0.3) is 21.9 Å². The Hall–Kier alpha value is -3.76. The maximum absolute atomic E-state index is 12.1. The van der Waals surface area contributed by atoms with E-state index in [9.17, 15) is 10.1 Å². The summed E-state index contributed by atoms with van der Waals surface area (Å²) in [6.07, 6.45) is 5.36. The number of nitrogens with zero attached hydrogens (tertiary/aromatic N) is 3. The summed E-state index contributed by atoms with van der Waals surface area (Å²) in [6, 6.07) is 15.8. The average molecular weight is 471 g/mol. The highest BCUT2D eigenvalue weighted by atomic mass is 16.5. The number of benzene rings is 2. The van der Waals surface area contributed by atoms with Crippen LogP contribution >= 0.6 is 0 Å². The number of furan rings is 1. The van der Waals surface area contributed by atoms with E-state index in [-0.39, 0.29) is 5.76 Å². The lowest BCUT2D eigenvalue weighted by molar-refractivity contribution is 0.0492. The monoisotopic (exact) mass is 470 g/mol. The number of piperazine rings is 1. The maximum Gasteiger partial charge on any atom is 0.374 e. The number of hydrogen-bond donors (Lipinski definition) is 1. The molecule has 2 aromatic carbocycles. The number of unbranched alkanes of at least 4 members (excludes halogenated alkanes) is 1. The number of carbonyl (C=O) groups is 1. The van der Waals surface area contributed by atoms with Crippen molar-refractivity contribution in [2.75, 3.05) is 44.2 Å². The predicted molar refractivity (Wildman–Crippen MR) is 137 cm³/mol. The molecule has 7 nitrogen and oxygen atoms in total. The van der Waals surface area contributed by atoms with Crippen molar-refractivity contribution in [3.63, 3.8) is 0 Å². The second-order valence-electron chi connectivity index (χ2n) is 8.99. The van der Waals surface area contributed by atoms with Gasteiger partial charge in [0.15, 0.2) is 0 Å². The first-order valence-electron chi connectivity index (χ1n) is 12.3. The van der Waals surface area contributed by atoms with Crippen molar-refractivity contribution in [2.45, 2.75) is 26.2 Å².